The summed E-state index contributed by atoms with van der Waals surface area (Å²) < 4.78 is 4.92. The molecule has 94 valence electrons. The molecule has 0 radical (unpaired) electrons. The summed E-state index contributed by atoms with van der Waals surface area (Å²) in [6, 6.07) is 2.10. The van der Waals surface area contributed by atoms with Crippen molar-refractivity contribution in [3.05, 3.63) is 0 Å². The highest BCUT2D eigenvalue weighted by Gasteiger charge is 2.38. The standard InChI is InChI=1S/C12H24N2O2/c1-14-10-3-4-11(14)6-9(5-10)13-7-12(15)8-16-2/h9-13,15H,3-8H2,1-2H3. The van der Waals surface area contributed by atoms with E-state index in [1.165, 1.54) is 25.7 Å². The summed E-state index contributed by atoms with van der Waals surface area (Å²) in [5.74, 6) is 0. The van der Waals surface area contributed by atoms with Gasteiger partial charge in [-0.25, -0.2) is 0 Å². The number of nitrogens with zero attached hydrogens (tertiary/aromatic N) is 1. The second-order valence-corrected chi connectivity index (χ2v) is 5.24. The van der Waals surface area contributed by atoms with Crippen LogP contribution in [0.4, 0.5) is 0 Å². The molecule has 4 nitrogen and oxygen atoms in total. The summed E-state index contributed by atoms with van der Waals surface area (Å²) in [7, 11) is 3.87. The molecule has 2 rings (SSSR count). The van der Waals surface area contributed by atoms with Crippen LogP contribution in [-0.2, 0) is 4.74 Å². The number of nitrogens with one attached hydrogen (secondary N) is 1. The lowest BCUT2D eigenvalue weighted by Gasteiger charge is -2.37. The minimum Gasteiger partial charge on any atom is -0.389 e. The second kappa shape index (κ2) is 5.45. The van der Waals surface area contributed by atoms with Crippen molar-refractivity contribution in [1.82, 2.24) is 10.2 Å². The van der Waals surface area contributed by atoms with Crippen LogP contribution < -0.4 is 5.32 Å². The third-order valence-electron chi connectivity index (χ3n) is 4.10. The van der Waals surface area contributed by atoms with E-state index < -0.39 is 0 Å². The van der Waals surface area contributed by atoms with Crippen LogP contribution in [0.3, 0.4) is 0 Å². The van der Waals surface area contributed by atoms with E-state index in [0.29, 0.717) is 19.2 Å². The Kier molecular flexibility index (Phi) is 4.19. The van der Waals surface area contributed by atoms with Gasteiger partial charge in [-0.2, -0.15) is 0 Å². The Morgan fingerprint density at radius 2 is 2.00 bits per heavy atom. The van der Waals surface area contributed by atoms with E-state index in [9.17, 15) is 5.11 Å². The highest BCUT2D eigenvalue weighted by atomic mass is 16.5. The third-order valence-corrected chi connectivity index (χ3v) is 4.10. The number of rotatable bonds is 5. The summed E-state index contributed by atoms with van der Waals surface area (Å²) in [5.41, 5.74) is 0. The predicted octanol–water partition coefficient (Wildman–Crippen LogP) is 0.209. The molecule has 2 aliphatic heterocycles. The number of aliphatic hydroxyl groups excluding tert-OH is 1. The van der Waals surface area contributed by atoms with E-state index in [2.05, 4.69) is 17.3 Å². The molecule has 16 heavy (non-hydrogen) atoms. The van der Waals surface area contributed by atoms with Gasteiger partial charge in [0.15, 0.2) is 0 Å². The molecule has 0 amide bonds. The second-order valence-electron chi connectivity index (χ2n) is 5.24. The number of ether oxygens (including phenoxy) is 1. The first-order valence-electron chi connectivity index (χ1n) is 6.33. The average Bonchev–Trinajstić information content (AvgIpc) is 2.52. The highest BCUT2D eigenvalue weighted by Crippen LogP contribution is 2.34. The smallest absolute Gasteiger partial charge is 0.0897 e. The van der Waals surface area contributed by atoms with Gasteiger partial charge in [0.25, 0.3) is 0 Å². The molecule has 0 spiro atoms. The molecule has 2 saturated heterocycles. The van der Waals surface area contributed by atoms with Crippen LogP contribution in [0.1, 0.15) is 25.7 Å². The van der Waals surface area contributed by atoms with Crippen molar-refractivity contribution in [2.24, 2.45) is 0 Å². The SMILES string of the molecule is COCC(O)CNC1CC2CCC(C1)N2C. The number of piperidine rings is 1. The van der Waals surface area contributed by atoms with Gasteiger partial charge in [-0.05, 0) is 32.7 Å². The van der Waals surface area contributed by atoms with Gasteiger partial charge in [0.1, 0.15) is 0 Å². The largest absolute Gasteiger partial charge is 0.389 e. The molecule has 2 N–H and O–H groups in total. The fourth-order valence-corrected chi connectivity index (χ4v) is 3.13. The number of methoxy groups -OCH3 is 1. The Morgan fingerprint density at radius 1 is 1.38 bits per heavy atom. The fraction of sp³-hybridized carbons (Fsp3) is 1.00. The van der Waals surface area contributed by atoms with Crippen LogP contribution in [0.5, 0.6) is 0 Å². The molecular formula is C12H24N2O2. The quantitative estimate of drug-likeness (QED) is 0.706. The van der Waals surface area contributed by atoms with Gasteiger partial charge in [-0.3, -0.25) is 0 Å². The average molecular weight is 228 g/mol. The van der Waals surface area contributed by atoms with Crippen LogP contribution >= 0.6 is 0 Å². The summed E-state index contributed by atoms with van der Waals surface area (Å²) >= 11 is 0. The van der Waals surface area contributed by atoms with Gasteiger partial charge in [0.05, 0.1) is 12.7 Å². The van der Waals surface area contributed by atoms with Crippen LogP contribution in [0.25, 0.3) is 0 Å². The van der Waals surface area contributed by atoms with Gasteiger partial charge in [-0.15, -0.1) is 0 Å². The van der Waals surface area contributed by atoms with Gasteiger partial charge < -0.3 is 20.1 Å². The Hall–Kier alpha value is -0.160. The summed E-state index contributed by atoms with van der Waals surface area (Å²) in [6.07, 6.45) is 4.78. The van der Waals surface area contributed by atoms with Crippen molar-refractivity contribution in [3.63, 3.8) is 0 Å². The molecule has 2 bridgehead atoms. The van der Waals surface area contributed by atoms with Crippen LogP contribution in [-0.4, -0.2) is 61.5 Å². The van der Waals surface area contributed by atoms with Gasteiger partial charge in [0, 0.05) is 31.8 Å². The first kappa shape index (κ1) is 12.3. The normalized spacial score (nSPS) is 36.6. The van der Waals surface area contributed by atoms with Crippen molar-refractivity contribution < 1.29 is 9.84 Å². The van der Waals surface area contributed by atoms with Gasteiger partial charge >= 0.3 is 0 Å². The molecule has 2 fully saturated rings. The van der Waals surface area contributed by atoms with Gasteiger partial charge in [0.2, 0.25) is 0 Å². The Bertz CT molecular complexity index is 211. The minimum absolute atomic E-state index is 0.373. The Labute approximate surface area is 98.0 Å². The van der Waals surface area contributed by atoms with E-state index in [0.717, 1.165) is 12.1 Å². The summed E-state index contributed by atoms with van der Waals surface area (Å²) in [4.78, 5) is 2.53. The van der Waals surface area contributed by atoms with Crippen LogP contribution in [0.15, 0.2) is 0 Å². The fourth-order valence-electron chi connectivity index (χ4n) is 3.13. The molecule has 0 aromatic rings. The number of hydrogen-bond acceptors (Lipinski definition) is 4. The zero-order valence-electron chi connectivity index (χ0n) is 10.4. The topological polar surface area (TPSA) is 44.7 Å². The molecule has 0 saturated carbocycles. The molecule has 2 heterocycles. The lowest BCUT2D eigenvalue weighted by molar-refractivity contribution is 0.0581. The van der Waals surface area contributed by atoms with E-state index in [1.807, 2.05) is 0 Å². The van der Waals surface area contributed by atoms with Crippen LogP contribution in [0, 0.1) is 0 Å². The number of hydrogen-bond donors (Lipinski definition) is 2. The van der Waals surface area contributed by atoms with E-state index in [-0.39, 0.29) is 6.10 Å². The maximum absolute atomic E-state index is 9.58. The number of aliphatic hydroxyl groups is 1. The van der Waals surface area contributed by atoms with Crippen molar-refractivity contribution in [2.45, 2.75) is 49.9 Å². The Balaban J connectivity index is 1.72. The van der Waals surface area contributed by atoms with E-state index in [4.69, 9.17) is 4.74 Å². The predicted molar refractivity (Wildman–Crippen MR) is 63.5 cm³/mol. The molecular weight excluding hydrogens is 204 g/mol. The molecule has 0 aliphatic carbocycles. The molecule has 2 aliphatic rings. The van der Waals surface area contributed by atoms with Crippen molar-refractivity contribution in [1.29, 1.82) is 0 Å². The highest BCUT2D eigenvalue weighted by molar-refractivity contribution is 4.96. The lowest BCUT2D eigenvalue weighted by Crippen LogP contribution is -2.48. The zero-order valence-corrected chi connectivity index (χ0v) is 10.4. The lowest BCUT2D eigenvalue weighted by atomic mass is 9.98. The zero-order chi connectivity index (χ0) is 11.5. The first-order valence-corrected chi connectivity index (χ1v) is 6.33. The Morgan fingerprint density at radius 3 is 2.56 bits per heavy atom. The molecule has 3 atom stereocenters. The minimum atomic E-state index is -0.373. The van der Waals surface area contributed by atoms with Gasteiger partial charge in [-0.1, -0.05) is 0 Å². The third kappa shape index (κ3) is 2.74. The number of fused-ring (bicyclic) bond motifs is 2. The van der Waals surface area contributed by atoms with Crippen molar-refractivity contribution in [2.75, 3.05) is 27.3 Å². The van der Waals surface area contributed by atoms with Crippen LogP contribution in [0.2, 0.25) is 0 Å². The molecule has 3 unspecified atom stereocenters. The van der Waals surface area contributed by atoms with E-state index in [1.54, 1.807) is 7.11 Å². The molecule has 0 aromatic carbocycles. The maximum Gasteiger partial charge on any atom is 0.0897 e. The maximum atomic E-state index is 9.58. The molecule has 0 aromatic heterocycles. The summed E-state index contributed by atoms with van der Waals surface area (Å²) in [6.45, 7) is 1.08. The molecule has 4 heteroatoms. The van der Waals surface area contributed by atoms with E-state index >= 15 is 0 Å². The summed E-state index contributed by atoms with van der Waals surface area (Å²) in [5, 5.41) is 13.1. The first-order chi connectivity index (χ1) is 7.70. The van der Waals surface area contributed by atoms with Crippen molar-refractivity contribution in [3.8, 4) is 0 Å². The monoisotopic (exact) mass is 228 g/mol. The van der Waals surface area contributed by atoms with Crippen molar-refractivity contribution >= 4 is 0 Å².